The van der Waals surface area contributed by atoms with E-state index in [-0.39, 0.29) is 6.04 Å². The van der Waals surface area contributed by atoms with E-state index in [2.05, 4.69) is 12.2 Å². The average Bonchev–Trinajstić information content (AvgIpc) is 2.34. The summed E-state index contributed by atoms with van der Waals surface area (Å²) in [4.78, 5) is 11.1. The number of carboxylic acids is 1. The Morgan fingerprint density at radius 1 is 1.39 bits per heavy atom. The summed E-state index contributed by atoms with van der Waals surface area (Å²) in [6, 6.07) is 6.97. The van der Waals surface area contributed by atoms with Gasteiger partial charge in [0.1, 0.15) is 6.04 Å². The van der Waals surface area contributed by atoms with Gasteiger partial charge >= 0.3 is 5.97 Å². The van der Waals surface area contributed by atoms with Gasteiger partial charge in [0, 0.05) is 11.1 Å². The lowest BCUT2D eigenvalue weighted by Crippen LogP contribution is -2.38. The van der Waals surface area contributed by atoms with E-state index < -0.39 is 12.0 Å². The van der Waals surface area contributed by atoms with Crippen LogP contribution < -0.4 is 5.32 Å². The first-order valence-electron chi connectivity index (χ1n) is 6.29. The van der Waals surface area contributed by atoms with Gasteiger partial charge in [0.05, 0.1) is 0 Å². The molecule has 100 valence electrons. The van der Waals surface area contributed by atoms with Gasteiger partial charge in [0.25, 0.3) is 0 Å². The van der Waals surface area contributed by atoms with Gasteiger partial charge in [0.2, 0.25) is 0 Å². The van der Waals surface area contributed by atoms with E-state index >= 15 is 0 Å². The standard InChI is InChI=1S/C14H20ClNO2/c1-3-4-5-13(14(17)18)16-10(2)11-6-8-12(15)9-7-11/h6-10,13,16H,3-5H2,1-2H3,(H,17,18)/t10-,13?/m0/s1. The summed E-state index contributed by atoms with van der Waals surface area (Å²) in [5, 5.41) is 13.0. The zero-order chi connectivity index (χ0) is 13.5. The highest BCUT2D eigenvalue weighted by molar-refractivity contribution is 6.30. The van der Waals surface area contributed by atoms with Crippen LogP contribution in [0.15, 0.2) is 24.3 Å². The highest BCUT2D eigenvalue weighted by Gasteiger charge is 2.19. The number of halogens is 1. The second-order valence-corrected chi connectivity index (χ2v) is 4.91. The summed E-state index contributed by atoms with van der Waals surface area (Å²) in [7, 11) is 0. The van der Waals surface area contributed by atoms with Crippen molar-refractivity contribution in [1.29, 1.82) is 0 Å². The minimum absolute atomic E-state index is 0.000206. The van der Waals surface area contributed by atoms with Crippen LogP contribution in [0.2, 0.25) is 5.02 Å². The van der Waals surface area contributed by atoms with Crippen molar-refractivity contribution in [3.63, 3.8) is 0 Å². The summed E-state index contributed by atoms with van der Waals surface area (Å²) < 4.78 is 0. The van der Waals surface area contributed by atoms with Gasteiger partial charge in [-0.15, -0.1) is 0 Å². The number of nitrogens with one attached hydrogen (secondary N) is 1. The number of aliphatic carboxylic acids is 1. The summed E-state index contributed by atoms with van der Waals surface area (Å²) in [5.74, 6) is -0.788. The van der Waals surface area contributed by atoms with Crippen LogP contribution in [0.1, 0.15) is 44.7 Å². The molecule has 0 spiro atoms. The van der Waals surface area contributed by atoms with E-state index in [1.807, 2.05) is 31.2 Å². The molecule has 0 aliphatic heterocycles. The number of hydrogen-bond acceptors (Lipinski definition) is 2. The maximum absolute atomic E-state index is 11.1. The molecule has 1 aromatic carbocycles. The van der Waals surface area contributed by atoms with Crippen LogP contribution in [-0.4, -0.2) is 17.1 Å². The normalized spacial score (nSPS) is 14.2. The van der Waals surface area contributed by atoms with E-state index in [9.17, 15) is 4.79 Å². The average molecular weight is 270 g/mol. The predicted molar refractivity (Wildman–Crippen MR) is 74.0 cm³/mol. The fraction of sp³-hybridized carbons (Fsp3) is 0.500. The molecule has 1 unspecified atom stereocenters. The monoisotopic (exact) mass is 269 g/mol. The Labute approximate surface area is 113 Å². The van der Waals surface area contributed by atoms with Gasteiger partial charge in [-0.25, -0.2) is 0 Å². The van der Waals surface area contributed by atoms with Crippen LogP contribution in [0, 0.1) is 0 Å². The van der Waals surface area contributed by atoms with Crippen molar-refractivity contribution in [3.8, 4) is 0 Å². The third-order valence-electron chi connectivity index (χ3n) is 2.97. The summed E-state index contributed by atoms with van der Waals surface area (Å²) in [5.41, 5.74) is 1.04. The molecule has 0 bridgehead atoms. The summed E-state index contributed by atoms with van der Waals surface area (Å²) in [6.45, 7) is 4.02. The molecule has 0 aliphatic rings. The van der Waals surface area contributed by atoms with E-state index in [1.54, 1.807) is 0 Å². The molecule has 1 aromatic rings. The molecular weight excluding hydrogens is 250 g/mol. The van der Waals surface area contributed by atoms with Gasteiger partial charge in [-0.3, -0.25) is 10.1 Å². The predicted octanol–water partition coefficient (Wildman–Crippen LogP) is 3.63. The van der Waals surface area contributed by atoms with Crippen molar-refractivity contribution in [3.05, 3.63) is 34.9 Å². The van der Waals surface area contributed by atoms with Crippen molar-refractivity contribution in [2.24, 2.45) is 0 Å². The Morgan fingerprint density at radius 3 is 2.50 bits per heavy atom. The molecule has 0 radical (unpaired) electrons. The van der Waals surface area contributed by atoms with Gasteiger partial charge in [-0.05, 0) is 31.0 Å². The molecule has 1 rings (SSSR count). The van der Waals surface area contributed by atoms with Crippen LogP contribution in [0.4, 0.5) is 0 Å². The molecule has 0 heterocycles. The van der Waals surface area contributed by atoms with Gasteiger partial charge in [-0.1, -0.05) is 43.5 Å². The lowest BCUT2D eigenvalue weighted by Gasteiger charge is -2.20. The third-order valence-corrected chi connectivity index (χ3v) is 3.22. The van der Waals surface area contributed by atoms with Crippen molar-refractivity contribution < 1.29 is 9.90 Å². The molecule has 0 fully saturated rings. The lowest BCUT2D eigenvalue weighted by atomic mass is 10.1. The zero-order valence-electron chi connectivity index (χ0n) is 10.8. The number of rotatable bonds is 7. The Kier molecular flexibility index (Phi) is 6.16. The molecule has 0 aromatic heterocycles. The minimum Gasteiger partial charge on any atom is -0.480 e. The molecule has 2 atom stereocenters. The Bertz CT molecular complexity index is 378. The number of benzene rings is 1. The highest BCUT2D eigenvalue weighted by Crippen LogP contribution is 2.17. The van der Waals surface area contributed by atoms with Gasteiger partial charge in [0.15, 0.2) is 0 Å². The van der Waals surface area contributed by atoms with Crippen LogP contribution in [0.25, 0.3) is 0 Å². The van der Waals surface area contributed by atoms with E-state index in [0.717, 1.165) is 18.4 Å². The van der Waals surface area contributed by atoms with Crippen LogP contribution in [0.5, 0.6) is 0 Å². The summed E-state index contributed by atoms with van der Waals surface area (Å²) in [6.07, 6.45) is 2.57. The Balaban J connectivity index is 2.62. The highest BCUT2D eigenvalue weighted by atomic mass is 35.5. The number of carboxylic acid groups (broad SMARTS) is 1. The molecule has 4 heteroatoms. The van der Waals surface area contributed by atoms with Crippen molar-refractivity contribution >= 4 is 17.6 Å². The molecule has 3 nitrogen and oxygen atoms in total. The quantitative estimate of drug-likeness (QED) is 0.795. The number of carbonyl (C=O) groups is 1. The maximum atomic E-state index is 11.1. The van der Waals surface area contributed by atoms with E-state index in [4.69, 9.17) is 16.7 Å². The fourth-order valence-corrected chi connectivity index (χ4v) is 1.96. The van der Waals surface area contributed by atoms with Crippen LogP contribution in [-0.2, 0) is 4.79 Å². The Morgan fingerprint density at radius 2 is 2.00 bits per heavy atom. The smallest absolute Gasteiger partial charge is 0.320 e. The maximum Gasteiger partial charge on any atom is 0.320 e. The topological polar surface area (TPSA) is 49.3 Å². The van der Waals surface area contributed by atoms with Gasteiger partial charge in [-0.2, -0.15) is 0 Å². The Hall–Kier alpha value is -1.06. The van der Waals surface area contributed by atoms with Crippen molar-refractivity contribution in [2.45, 2.75) is 45.2 Å². The largest absolute Gasteiger partial charge is 0.480 e. The molecule has 2 N–H and O–H groups in total. The zero-order valence-corrected chi connectivity index (χ0v) is 11.6. The SMILES string of the molecule is CCCCC(N[C@@H](C)c1ccc(Cl)cc1)C(=O)O. The molecule has 0 aliphatic carbocycles. The molecular formula is C14H20ClNO2. The molecule has 18 heavy (non-hydrogen) atoms. The van der Waals surface area contributed by atoms with Crippen molar-refractivity contribution in [1.82, 2.24) is 5.32 Å². The van der Waals surface area contributed by atoms with E-state index in [1.165, 1.54) is 0 Å². The molecule has 0 saturated heterocycles. The molecule has 0 amide bonds. The number of hydrogen-bond donors (Lipinski definition) is 2. The van der Waals surface area contributed by atoms with Crippen molar-refractivity contribution in [2.75, 3.05) is 0 Å². The minimum atomic E-state index is -0.788. The first kappa shape index (κ1) is 15.0. The fourth-order valence-electron chi connectivity index (χ4n) is 1.84. The second-order valence-electron chi connectivity index (χ2n) is 4.47. The summed E-state index contributed by atoms with van der Waals surface area (Å²) >= 11 is 5.83. The first-order valence-corrected chi connectivity index (χ1v) is 6.66. The third kappa shape index (κ3) is 4.67. The number of unbranched alkanes of at least 4 members (excludes halogenated alkanes) is 1. The van der Waals surface area contributed by atoms with Crippen LogP contribution >= 0.6 is 11.6 Å². The van der Waals surface area contributed by atoms with E-state index in [0.29, 0.717) is 11.4 Å². The first-order chi connectivity index (χ1) is 8.54. The van der Waals surface area contributed by atoms with Gasteiger partial charge < -0.3 is 5.11 Å². The second kappa shape index (κ2) is 7.39. The van der Waals surface area contributed by atoms with Crippen LogP contribution in [0.3, 0.4) is 0 Å². The molecule has 0 saturated carbocycles. The lowest BCUT2D eigenvalue weighted by molar-refractivity contribution is -0.139.